The molecule has 0 saturated carbocycles. The van der Waals surface area contributed by atoms with E-state index in [9.17, 15) is 15.0 Å². The van der Waals surface area contributed by atoms with Crippen molar-refractivity contribution in [3.8, 4) is 0 Å². The predicted octanol–water partition coefficient (Wildman–Crippen LogP) is -1.16. The Labute approximate surface area is 174 Å². The highest BCUT2D eigenvalue weighted by Gasteiger charge is 2.22. The number of ether oxygens (including phenoxy) is 3. The Morgan fingerprint density at radius 3 is 2.38 bits per heavy atom. The lowest BCUT2D eigenvalue weighted by Crippen LogP contribution is -2.49. The van der Waals surface area contributed by atoms with Crippen molar-refractivity contribution < 1.29 is 29.2 Å². The van der Waals surface area contributed by atoms with Gasteiger partial charge in [-0.2, -0.15) is 0 Å². The molecule has 1 aliphatic heterocycles. The van der Waals surface area contributed by atoms with E-state index in [1.165, 1.54) is 0 Å². The van der Waals surface area contributed by atoms with Crippen LogP contribution in [0.25, 0.3) is 0 Å². The molecule has 0 spiro atoms. The fraction of sp³-hybridized carbons (Fsp3) is 0.947. The summed E-state index contributed by atoms with van der Waals surface area (Å²) in [6.45, 7) is 9.16. The molecule has 2 unspecified atom stereocenters. The quantitative estimate of drug-likeness (QED) is 0.229. The molecular formula is C19H40N4O6. The van der Waals surface area contributed by atoms with E-state index < -0.39 is 12.2 Å². The Kier molecular flexibility index (Phi) is 15.0. The Morgan fingerprint density at radius 1 is 1.10 bits per heavy atom. The zero-order chi connectivity index (χ0) is 21.3. The number of nitrogens with two attached hydrogens (primary N) is 1. The molecule has 0 radical (unpaired) electrons. The zero-order valence-corrected chi connectivity index (χ0v) is 17.8. The van der Waals surface area contributed by atoms with E-state index in [1.54, 1.807) is 11.8 Å². The van der Waals surface area contributed by atoms with Crippen molar-refractivity contribution in [3.05, 3.63) is 0 Å². The molecule has 10 heteroatoms. The first-order chi connectivity index (χ1) is 14.1. The van der Waals surface area contributed by atoms with Crippen molar-refractivity contribution in [3.63, 3.8) is 0 Å². The number of carbonyl (C=O) groups is 1. The van der Waals surface area contributed by atoms with Gasteiger partial charge in [0.1, 0.15) is 0 Å². The maximum Gasteiger partial charge on any atom is 0.409 e. The summed E-state index contributed by atoms with van der Waals surface area (Å²) in [5.41, 5.74) is 5.36. The number of aliphatic hydroxyl groups excluding tert-OH is 2. The molecule has 5 N–H and O–H groups in total. The minimum Gasteiger partial charge on any atom is -0.450 e. The fourth-order valence-electron chi connectivity index (χ4n) is 2.92. The minimum absolute atomic E-state index is 0.248. The number of aliphatic hydroxyl groups is 2. The largest absolute Gasteiger partial charge is 0.450 e. The molecule has 10 nitrogen and oxygen atoms in total. The summed E-state index contributed by atoms with van der Waals surface area (Å²) in [6.07, 6.45) is 0.0591. The molecule has 1 fully saturated rings. The second-order valence-corrected chi connectivity index (χ2v) is 7.12. The molecule has 1 rings (SSSR count). The van der Waals surface area contributed by atoms with E-state index in [2.05, 4.69) is 10.2 Å². The highest BCUT2D eigenvalue weighted by Crippen LogP contribution is 2.06. The van der Waals surface area contributed by atoms with Gasteiger partial charge in [-0.25, -0.2) is 4.79 Å². The van der Waals surface area contributed by atoms with Crippen molar-refractivity contribution in [2.45, 2.75) is 32.0 Å². The van der Waals surface area contributed by atoms with Crippen LogP contribution in [-0.4, -0.2) is 124 Å². The van der Waals surface area contributed by atoms with Gasteiger partial charge >= 0.3 is 6.09 Å². The Balaban J connectivity index is 1.93. The lowest BCUT2D eigenvalue weighted by molar-refractivity contribution is 0.00335. The van der Waals surface area contributed by atoms with E-state index >= 15 is 0 Å². The summed E-state index contributed by atoms with van der Waals surface area (Å²) in [4.78, 5) is 15.6. The number of hydrogen-bond donors (Lipinski definition) is 4. The van der Waals surface area contributed by atoms with Crippen molar-refractivity contribution in [1.82, 2.24) is 15.1 Å². The fourth-order valence-corrected chi connectivity index (χ4v) is 2.92. The van der Waals surface area contributed by atoms with Gasteiger partial charge in [0, 0.05) is 65.6 Å². The first-order valence-corrected chi connectivity index (χ1v) is 10.6. The van der Waals surface area contributed by atoms with Gasteiger partial charge in [-0.15, -0.1) is 0 Å². The average Bonchev–Trinajstić information content (AvgIpc) is 2.72. The van der Waals surface area contributed by atoms with Crippen LogP contribution in [0.4, 0.5) is 4.79 Å². The second kappa shape index (κ2) is 16.8. The highest BCUT2D eigenvalue weighted by atomic mass is 16.6. The van der Waals surface area contributed by atoms with Crippen LogP contribution in [0.5, 0.6) is 0 Å². The van der Waals surface area contributed by atoms with Gasteiger partial charge in [-0.3, -0.25) is 4.90 Å². The lowest BCUT2D eigenvalue weighted by Gasteiger charge is -2.34. The molecule has 0 aromatic heterocycles. The molecule has 0 aromatic rings. The van der Waals surface area contributed by atoms with E-state index in [0.717, 1.165) is 19.6 Å². The lowest BCUT2D eigenvalue weighted by atomic mass is 10.2. The van der Waals surface area contributed by atoms with Crippen molar-refractivity contribution in [2.24, 2.45) is 5.73 Å². The molecule has 172 valence electrons. The first-order valence-electron chi connectivity index (χ1n) is 10.6. The molecule has 1 aliphatic rings. The van der Waals surface area contributed by atoms with Crippen LogP contribution >= 0.6 is 0 Å². The van der Waals surface area contributed by atoms with E-state index in [4.69, 9.17) is 19.9 Å². The van der Waals surface area contributed by atoms with Crippen LogP contribution < -0.4 is 11.1 Å². The Bertz CT molecular complexity index is 410. The van der Waals surface area contributed by atoms with Crippen LogP contribution in [0.2, 0.25) is 0 Å². The van der Waals surface area contributed by atoms with E-state index in [0.29, 0.717) is 72.0 Å². The van der Waals surface area contributed by atoms with Crippen molar-refractivity contribution in [2.75, 3.05) is 85.4 Å². The molecule has 1 heterocycles. The smallest absolute Gasteiger partial charge is 0.409 e. The van der Waals surface area contributed by atoms with Gasteiger partial charge in [0.05, 0.1) is 32.0 Å². The number of rotatable bonds is 16. The highest BCUT2D eigenvalue weighted by molar-refractivity contribution is 5.67. The number of amides is 1. The molecule has 29 heavy (non-hydrogen) atoms. The first kappa shape index (κ1) is 26.0. The standard InChI is InChI=1S/C19H40N4O6/c1-2-29-19(26)23-10-8-22(9-11-23)7-4-17(24)15-27-12-3-13-28-16-18(25)14-21-6-5-20/h17-18,21,24-25H,2-16,20H2,1H3. The molecule has 2 atom stereocenters. The summed E-state index contributed by atoms with van der Waals surface area (Å²) in [5.74, 6) is 0. The Morgan fingerprint density at radius 2 is 1.76 bits per heavy atom. The summed E-state index contributed by atoms with van der Waals surface area (Å²) < 4.78 is 15.9. The molecule has 0 aliphatic carbocycles. The van der Waals surface area contributed by atoms with E-state index in [1.807, 2.05) is 0 Å². The van der Waals surface area contributed by atoms with Gasteiger partial charge in [-0.05, 0) is 19.8 Å². The van der Waals surface area contributed by atoms with Crippen molar-refractivity contribution in [1.29, 1.82) is 0 Å². The third kappa shape index (κ3) is 13.0. The molecule has 1 amide bonds. The number of nitrogens with zero attached hydrogens (tertiary/aromatic N) is 2. The predicted molar refractivity (Wildman–Crippen MR) is 110 cm³/mol. The third-order valence-electron chi connectivity index (χ3n) is 4.58. The normalized spacial score (nSPS) is 17.3. The molecular weight excluding hydrogens is 380 g/mol. The SMILES string of the molecule is CCOC(=O)N1CCN(CCC(O)COCCCOCC(O)CNCCN)CC1. The maximum atomic E-state index is 11.7. The Hall–Kier alpha value is -1.01. The summed E-state index contributed by atoms with van der Waals surface area (Å²) in [7, 11) is 0. The van der Waals surface area contributed by atoms with Crippen LogP contribution in [0.15, 0.2) is 0 Å². The van der Waals surface area contributed by atoms with Gasteiger partial charge in [-0.1, -0.05) is 0 Å². The van der Waals surface area contributed by atoms with E-state index in [-0.39, 0.29) is 12.7 Å². The number of piperazine rings is 1. The number of hydrogen-bond acceptors (Lipinski definition) is 9. The number of carbonyl (C=O) groups excluding carboxylic acids is 1. The van der Waals surface area contributed by atoms with Gasteiger partial charge in [0.25, 0.3) is 0 Å². The van der Waals surface area contributed by atoms with Crippen molar-refractivity contribution >= 4 is 6.09 Å². The van der Waals surface area contributed by atoms with Crippen LogP contribution in [0.1, 0.15) is 19.8 Å². The maximum absolute atomic E-state index is 11.7. The van der Waals surface area contributed by atoms with Crippen LogP contribution in [0.3, 0.4) is 0 Å². The van der Waals surface area contributed by atoms with Gasteiger partial charge < -0.3 is 40.4 Å². The summed E-state index contributed by atoms with van der Waals surface area (Å²) in [5, 5.41) is 22.7. The van der Waals surface area contributed by atoms with Crippen LogP contribution in [-0.2, 0) is 14.2 Å². The third-order valence-corrected chi connectivity index (χ3v) is 4.58. The van der Waals surface area contributed by atoms with Gasteiger partial charge in [0.2, 0.25) is 0 Å². The average molecular weight is 421 g/mol. The minimum atomic E-state index is -0.538. The second-order valence-electron chi connectivity index (χ2n) is 7.12. The monoisotopic (exact) mass is 420 g/mol. The number of nitrogens with one attached hydrogen (secondary N) is 1. The molecule has 1 saturated heterocycles. The topological polar surface area (TPSA) is 130 Å². The summed E-state index contributed by atoms with van der Waals surface area (Å²) in [6, 6.07) is 0. The summed E-state index contributed by atoms with van der Waals surface area (Å²) >= 11 is 0. The van der Waals surface area contributed by atoms with Gasteiger partial charge in [0.15, 0.2) is 0 Å². The molecule has 0 aromatic carbocycles. The van der Waals surface area contributed by atoms with Crippen LogP contribution in [0, 0.1) is 0 Å². The zero-order valence-electron chi connectivity index (χ0n) is 17.8. The molecule has 0 bridgehead atoms.